The first-order valence-corrected chi connectivity index (χ1v) is 12.5. The van der Waals surface area contributed by atoms with Crippen molar-refractivity contribution in [3.63, 3.8) is 0 Å². The van der Waals surface area contributed by atoms with Crippen LogP contribution in [0.5, 0.6) is 5.75 Å². The number of ether oxygens (including phenoxy) is 1. The van der Waals surface area contributed by atoms with Crippen molar-refractivity contribution in [3.05, 3.63) is 53.6 Å². The molecule has 0 aliphatic carbocycles. The lowest BCUT2D eigenvalue weighted by atomic mass is 9.98. The molecule has 1 heterocycles. The van der Waals surface area contributed by atoms with Crippen LogP contribution in [0.1, 0.15) is 37.8 Å². The molecule has 8 heteroatoms. The quantitative estimate of drug-likeness (QED) is 0.644. The number of amides is 1. The second-order valence-corrected chi connectivity index (χ2v) is 9.96. The molecule has 3 rings (SSSR count). The van der Waals surface area contributed by atoms with Gasteiger partial charge in [-0.2, -0.15) is 12.7 Å². The molecule has 1 fully saturated rings. The van der Waals surface area contributed by atoms with Crippen LogP contribution < -0.4 is 14.4 Å². The molecule has 1 unspecified atom stereocenters. The Kier molecular flexibility index (Phi) is 7.79. The summed E-state index contributed by atoms with van der Waals surface area (Å²) in [6.07, 6.45) is 1.31. The summed E-state index contributed by atoms with van der Waals surface area (Å²) in [6, 6.07) is 13.0. The molecule has 1 saturated heterocycles. The van der Waals surface area contributed by atoms with Crippen LogP contribution >= 0.6 is 0 Å². The van der Waals surface area contributed by atoms with Crippen LogP contribution in [0, 0.1) is 19.8 Å². The Balaban J connectivity index is 1.74. The van der Waals surface area contributed by atoms with E-state index in [4.69, 9.17) is 4.74 Å². The maximum Gasteiger partial charge on any atom is 0.304 e. The molecule has 1 atom stereocenters. The van der Waals surface area contributed by atoms with Gasteiger partial charge in [0, 0.05) is 25.3 Å². The second kappa shape index (κ2) is 10.4. The average molecular weight is 460 g/mol. The Morgan fingerprint density at radius 3 is 2.53 bits per heavy atom. The van der Waals surface area contributed by atoms with Gasteiger partial charge < -0.3 is 10.1 Å². The van der Waals surface area contributed by atoms with E-state index < -0.39 is 16.1 Å². The zero-order chi connectivity index (χ0) is 23.3. The summed E-state index contributed by atoms with van der Waals surface area (Å²) in [7, 11) is -3.76. The van der Waals surface area contributed by atoms with Gasteiger partial charge in [0.2, 0.25) is 5.91 Å². The van der Waals surface area contributed by atoms with Gasteiger partial charge in [-0.05, 0) is 82.0 Å². The molecule has 1 aliphatic heterocycles. The first-order chi connectivity index (χ1) is 15.3. The van der Waals surface area contributed by atoms with Crippen LogP contribution in [-0.4, -0.2) is 44.9 Å². The van der Waals surface area contributed by atoms with E-state index in [1.807, 2.05) is 45.9 Å². The summed E-state index contributed by atoms with van der Waals surface area (Å²) >= 11 is 0. The molecule has 1 amide bonds. The number of hydrogen-bond donors (Lipinski definition) is 1. The second-order valence-electron chi connectivity index (χ2n) is 8.10. The van der Waals surface area contributed by atoms with Crippen LogP contribution in [0.3, 0.4) is 0 Å². The van der Waals surface area contributed by atoms with Crippen molar-refractivity contribution in [2.45, 2.75) is 40.5 Å². The molecule has 0 saturated carbocycles. The molecular formula is C24H33N3O4S. The molecule has 1 aliphatic rings. The number of nitrogens with one attached hydrogen (secondary N) is 1. The van der Waals surface area contributed by atoms with Gasteiger partial charge in [-0.25, -0.2) is 0 Å². The lowest BCUT2D eigenvalue weighted by Crippen LogP contribution is -2.50. The summed E-state index contributed by atoms with van der Waals surface area (Å²) in [4.78, 5) is 13.0. The highest BCUT2D eigenvalue weighted by molar-refractivity contribution is 7.90. The van der Waals surface area contributed by atoms with E-state index in [0.717, 1.165) is 16.8 Å². The molecule has 0 spiro atoms. The highest BCUT2D eigenvalue weighted by atomic mass is 32.2. The lowest BCUT2D eigenvalue weighted by Gasteiger charge is -2.35. The zero-order valence-corrected chi connectivity index (χ0v) is 20.1. The molecule has 2 aromatic rings. The van der Waals surface area contributed by atoms with Crippen LogP contribution in [0.15, 0.2) is 42.5 Å². The van der Waals surface area contributed by atoms with E-state index in [9.17, 15) is 13.2 Å². The summed E-state index contributed by atoms with van der Waals surface area (Å²) in [5.74, 6) is 0.172. The monoisotopic (exact) mass is 459 g/mol. The molecule has 0 bridgehead atoms. The van der Waals surface area contributed by atoms with E-state index in [-0.39, 0.29) is 12.5 Å². The fraction of sp³-hybridized carbons (Fsp3) is 0.458. The highest BCUT2D eigenvalue weighted by Gasteiger charge is 2.35. The third-order valence-electron chi connectivity index (χ3n) is 5.73. The standard InChI is InChI=1S/C24H33N3O4S/c1-5-27(21-11-13-22(14-12-21)31-6-2)32(29,30)26-15-7-8-20(17-26)24(28)25-23-16-18(3)9-10-19(23)4/h9-14,16,20H,5-8,15,17H2,1-4H3,(H,25,28). The summed E-state index contributed by atoms with van der Waals surface area (Å²) in [6.45, 7) is 9.06. The van der Waals surface area contributed by atoms with Crippen molar-refractivity contribution >= 4 is 27.5 Å². The number of piperidine rings is 1. The third-order valence-corrected chi connectivity index (χ3v) is 7.74. The minimum Gasteiger partial charge on any atom is -0.494 e. The molecule has 174 valence electrons. The molecule has 7 nitrogen and oxygen atoms in total. The molecular weight excluding hydrogens is 426 g/mol. The van der Waals surface area contributed by atoms with E-state index in [1.165, 1.54) is 8.61 Å². The van der Waals surface area contributed by atoms with Crippen molar-refractivity contribution in [1.29, 1.82) is 0 Å². The fourth-order valence-electron chi connectivity index (χ4n) is 3.96. The van der Waals surface area contributed by atoms with Gasteiger partial charge in [0.15, 0.2) is 0 Å². The zero-order valence-electron chi connectivity index (χ0n) is 19.3. The van der Waals surface area contributed by atoms with E-state index in [1.54, 1.807) is 24.3 Å². The highest BCUT2D eigenvalue weighted by Crippen LogP contribution is 2.28. The number of nitrogens with zero attached hydrogens (tertiary/aromatic N) is 2. The van der Waals surface area contributed by atoms with Crippen LogP contribution in [0.2, 0.25) is 0 Å². The SMILES string of the molecule is CCOc1ccc(N(CC)S(=O)(=O)N2CCCC(C(=O)Nc3cc(C)ccc3C)C2)cc1. The summed E-state index contributed by atoms with van der Waals surface area (Å²) in [5, 5.41) is 3.00. The lowest BCUT2D eigenvalue weighted by molar-refractivity contribution is -0.120. The average Bonchev–Trinajstić information content (AvgIpc) is 2.78. The number of rotatable bonds is 8. The minimum atomic E-state index is -3.76. The largest absolute Gasteiger partial charge is 0.494 e. The number of carbonyl (C=O) groups is 1. The van der Waals surface area contributed by atoms with Crippen LogP contribution in [0.25, 0.3) is 0 Å². The van der Waals surface area contributed by atoms with E-state index in [0.29, 0.717) is 44.0 Å². The van der Waals surface area contributed by atoms with Gasteiger partial charge in [-0.15, -0.1) is 0 Å². The Morgan fingerprint density at radius 2 is 1.88 bits per heavy atom. The van der Waals surface area contributed by atoms with Gasteiger partial charge in [0.05, 0.1) is 18.2 Å². The number of benzene rings is 2. The van der Waals surface area contributed by atoms with Crippen LogP contribution in [-0.2, 0) is 15.0 Å². The van der Waals surface area contributed by atoms with Crippen molar-refractivity contribution in [3.8, 4) is 5.75 Å². The van der Waals surface area contributed by atoms with Crippen molar-refractivity contribution < 1.29 is 17.9 Å². The number of carbonyl (C=O) groups excluding carboxylic acids is 1. The Hall–Kier alpha value is -2.58. The topological polar surface area (TPSA) is 79.0 Å². The van der Waals surface area contributed by atoms with E-state index >= 15 is 0 Å². The van der Waals surface area contributed by atoms with Gasteiger partial charge in [0.1, 0.15) is 5.75 Å². The smallest absolute Gasteiger partial charge is 0.304 e. The fourth-order valence-corrected chi connectivity index (χ4v) is 5.69. The Labute approximate surface area is 191 Å². The molecule has 0 radical (unpaired) electrons. The predicted octanol–water partition coefficient (Wildman–Crippen LogP) is 4.12. The Morgan fingerprint density at radius 1 is 1.16 bits per heavy atom. The predicted molar refractivity (Wildman–Crippen MR) is 128 cm³/mol. The number of anilines is 2. The molecule has 1 N–H and O–H groups in total. The van der Waals surface area contributed by atoms with Crippen molar-refractivity contribution in [1.82, 2.24) is 4.31 Å². The molecule has 0 aromatic heterocycles. The summed E-state index contributed by atoms with van der Waals surface area (Å²) in [5.41, 5.74) is 3.40. The normalized spacial score (nSPS) is 17.1. The van der Waals surface area contributed by atoms with Gasteiger partial charge in [-0.1, -0.05) is 12.1 Å². The number of hydrogen-bond acceptors (Lipinski definition) is 4. The maximum atomic E-state index is 13.4. The Bertz CT molecular complexity index is 1040. The van der Waals surface area contributed by atoms with Crippen molar-refractivity contribution in [2.24, 2.45) is 5.92 Å². The maximum absolute atomic E-state index is 13.4. The first kappa shape index (κ1) is 24.1. The molecule has 2 aromatic carbocycles. The minimum absolute atomic E-state index is 0.136. The van der Waals surface area contributed by atoms with E-state index in [2.05, 4.69) is 5.32 Å². The third kappa shape index (κ3) is 5.42. The van der Waals surface area contributed by atoms with Crippen molar-refractivity contribution in [2.75, 3.05) is 35.9 Å². The molecule has 32 heavy (non-hydrogen) atoms. The van der Waals surface area contributed by atoms with Gasteiger partial charge >= 0.3 is 10.2 Å². The van der Waals surface area contributed by atoms with Crippen LogP contribution in [0.4, 0.5) is 11.4 Å². The summed E-state index contributed by atoms with van der Waals surface area (Å²) < 4.78 is 35.2. The van der Waals surface area contributed by atoms with Gasteiger partial charge in [-0.3, -0.25) is 9.10 Å². The number of aryl methyl sites for hydroxylation is 2. The van der Waals surface area contributed by atoms with Gasteiger partial charge in [0.25, 0.3) is 0 Å². The first-order valence-electron chi connectivity index (χ1n) is 11.1.